The second-order valence-electron chi connectivity index (χ2n) is 7.88. The summed E-state index contributed by atoms with van der Waals surface area (Å²) in [5, 5.41) is 3.29. The van der Waals surface area contributed by atoms with Crippen molar-refractivity contribution in [3.05, 3.63) is 77.5 Å². The van der Waals surface area contributed by atoms with E-state index in [4.69, 9.17) is 0 Å². The van der Waals surface area contributed by atoms with Gasteiger partial charge in [0.15, 0.2) is 0 Å². The minimum absolute atomic E-state index is 0.121. The molecule has 1 atom stereocenters. The van der Waals surface area contributed by atoms with Gasteiger partial charge in [0, 0.05) is 30.4 Å². The third-order valence-electron chi connectivity index (χ3n) is 5.76. The first-order chi connectivity index (χ1) is 13.5. The lowest BCUT2D eigenvalue weighted by atomic mass is 9.89. The van der Waals surface area contributed by atoms with Crippen molar-refractivity contribution >= 4 is 11.5 Å². The van der Waals surface area contributed by atoms with E-state index in [2.05, 4.69) is 61.0 Å². The van der Waals surface area contributed by atoms with E-state index in [9.17, 15) is 4.79 Å². The van der Waals surface area contributed by atoms with Crippen molar-refractivity contribution < 1.29 is 4.79 Å². The van der Waals surface area contributed by atoms with Crippen LogP contribution in [0.3, 0.4) is 0 Å². The molecule has 3 rings (SSSR count). The van der Waals surface area contributed by atoms with E-state index in [1.807, 2.05) is 25.3 Å². The zero-order valence-electron chi connectivity index (χ0n) is 17.4. The van der Waals surface area contributed by atoms with Crippen LogP contribution in [-0.4, -0.2) is 29.9 Å². The first-order valence-corrected chi connectivity index (χ1v) is 10.4. The Balaban J connectivity index is 1.80. The van der Waals surface area contributed by atoms with Gasteiger partial charge in [0.2, 0.25) is 0 Å². The van der Waals surface area contributed by atoms with Crippen molar-refractivity contribution in [3.63, 3.8) is 0 Å². The summed E-state index contributed by atoms with van der Waals surface area (Å²) in [7, 11) is 1.96. The van der Waals surface area contributed by atoms with E-state index >= 15 is 0 Å². The van der Waals surface area contributed by atoms with Crippen LogP contribution in [0.1, 0.15) is 61.9 Å². The Hall–Kier alpha value is -2.55. The summed E-state index contributed by atoms with van der Waals surface area (Å²) in [5.74, 6) is 0.121. The van der Waals surface area contributed by atoms with Gasteiger partial charge in [-0.2, -0.15) is 0 Å². The predicted octanol–water partition coefficient (Wildman–Crippen LogP) is 5.48. The Morgan fingerprint density at radius 1 is 1.25 bits per heavy atom. The van der Waals surface area contributed by atoms with Crippen molar-refractivity contribution in [1.82, 2.24) is 10.2 Å². The molecule has 0 fully saturated rings. The Labute approximate surface area is 169 Å². The fourth-order valence-corrected chi connectivity index (χ4v) is 4.28. The smallest absolute Gasteiger partial charge is 0.254 e. The van der Waals surface area contributed by atoms with Crippen LogP contribution in [-0.2, 0) is 0 Å². The van der Waals surface area contributed by atoms with E-state index in [1.54, 1.807) is 0 Å². The molecule has 0 saturated carbocycles. The van der Waals surface area contributed by atoms with Crippen molar-refractivity contribution in [3.8, 4) is 0 Å². The molecular formula is C25H32N2O. The summed E-state index contributed by atoms with van der Waals surface area (Å²) >= 11 is 0. The second-order valence-corrected chi connectivity index (χ2v) is 7.88. The molecule has 0 aliphatic heterocycles. The zero-order valence-corrected chi connectivity index (χ0v) is 17.4. The van der Waals surface area contributed by atoms with Gasteiger partial charge in [-0.05, 0) is 74.8 Å². The van der Waals surface area contributed by atoms with Gasteiger partial charge in [0.1, 0.15) is 0 Å². The molecule has 1 aromatic rings. The van der Waals surface area contributed by atoms with Gasteiger partial charge in [-0.15, -0.1) is 0 Å². The van der Waals surface area contributed by atoms with Gasteiger partial charge in [0.25, 0.3) is 5.91 Å². The van der Waals surface area contributed by atoms with Gasteiger partial charge in [-0.25, -0.2) is 0 Å². The molecule has 1 unspecified atom stereocenters. The average Bonchev–Trinajstić information content (AvgIpc) is 2.74. The van der Waals surface area contributed by atoms with Crippen molar-refractivity contribution in [2.24, 2.45) is 0 Å². The quantitative estimate of drug-likeness (QED) is 0.713. The molecule has 0 saturated heterocycles. The molecular weight excluding hydrogens is 344 g/mol. The molecule has 1 amide bonds. The monoisotopic (exact) mass is 376 g/mol. The molecule has 0 bridgehead atoms. The third kappa shape index (κ3) is 4.30. The maximum Gasteiger partial charge on any atom is 0.254 e. The van der Waals surface area contributed by atoms with Crippen LogP contribution in [0.5, 0.6) is 0 Å². The number of hydrogen-bond acceptors (Lipinski definition) is 2. The Morgan fingerprint density at radius 3 is 2.57 bits per heavy atom. The van der Waals surface area contributed by atoms with Crippen LogP contribution < -0.4 is 5.32 Å². The highest BCUT2D eigenvalue weighted by molar-refractivity contribution is 5.95. The topological polar surface area (TPSA) is 32.3 Å². The second kappa shape index (κ2) is 9.09. The lowest BCUT2D eigenvalue weighted by Crippen LogP contribution is -2.46. The van der Waals surface area contributed by atoms with Crippen LogP contribution in [0, 0.1) is 0 Å². The Kier molecular flexibility index (Phi) is 6.56. The maximum absolute atomic E-state index is 13.4. The molecule has 0 spiro atoms. The molecule has 0 radical (unpaired) electrons. The number of carbonyl (C=O) groups is 1. The van der Waals surface area contributed by atoms with Crippen molar-refractivity contribution in [2.45, 2.75) is 58.0 Å². The molecule has 1 aromatic carbocycles. The standard InChI is InChI=1S/C25H32N2O/c1-5-19-17-23(15-16-24(19)26-4)27(18(2)3)25(28)22-13-11-21(12-14-22)20-9-7-6-8-10-20/h5,7,9-14,18,23,26H,1,6,8,15-17H2,2-4H3. The van der Waals surface area contributed by atoms with Gasteiger partial charge in [-0.3, -0.25) is 4.79 Å². The van der Waals surface area contributed by atoms with E-state index < -0.39 is 0 Å². The van der Waals surface area contributed by atoms with Gasteiger partial charge in [0.05, 0.1) is 0 Å². The van der Waals surface area contributed by atoms with Crippen molar-refractivity contribution in [2.75, 3.05) is 7.05 Å². The molecule has 3 nitrogen and oxygen atoms in total. The predicted molar refractivity (Wildman–Crippen MR) is 118 cm³/mol. The molecule has 0 heterocycles. The van der Waals surface area contributed by atoms with E-state index in [-0.39, 0.29) is 18.0 Å². The van der Waals surface area contributed by atoms with Crippen LogP contribution in [0.25, 0.3) is 5.57 Å². The third-order valence-corrected chi connectivity index (χ3v) is 5.76. The molecule has 148 valence electrons. The lowest BCUT2D eigenvalue weighted by molar-refractivity contribution is 0.0589. The van der Waals surface area contributed by atoms with Crippen LogP contribution in [0.2, 0.25) is 0 Å². The first-order valence-electron chi connectivity index (χ1n) is 10.4. The number of benzene rings is 1. The van der Waals surface area contributed by atoms with Gasteiger partial charge < -0.3 is 10.2 Å². The van der Waals surface area contributed by atoms with E-state index in [0.717, 1.165) is 37.7 Å². The number of nitrogens with zero attached hydrogens (tertiary/aromatic N) is 1. The number of hydrogen-bond donors (Lipinski definition) is 1. The summed E-state index contributed by atoms with van der Waals surface area (Å²) in [4.78, 5) is 15.4. The minimum Gasteiger partial charge on any atom is -0.391 e. The van der Waals surface area contributed by atoms with Crippen molar-refractivity contribution in [1.29, 1.82) is 0 Å². The first kappa shape index (κ1) is 20.2. The molecule has 3 heteroatoms. The van der Waals surface area contributed by atoms with Gasteiger partial charge in [-0.1, -0.05) is 43.0 Å². The summed E-state index contributed by atoms with van der Waals surface area (Å²) in [6.45, 7) is 8.18. The summed E-state index contributed by atoms with van der Waals surface area (Å²) in [5.41, 5.74) is 5.67. The zero-order chi connectivity index (χ0) is 20.1. The Bertz CT molecular complexity index is 811. The molecule has 2 aliphatic rings. The number of nitrogens with one attached hydrogen (secondary N) is 1. The van der Waals surface area contributed by atoms with E-state index in [0.29, 0.717) is 0 Å². The SMILES string of the molecule is C=CC1=C(NC)CCC(N(C(=O)c2ccc(C3=CCCC=C3)cc2)C(C)C)C1. The molecule has 1 N–H and O–H groups in total. The minimum atomic E-state index is 0.121. The highest BCUT2D eigenvalue weighted by Crippen LogP contribution is 2.30. The number of allylic oxidation sites excluding steroid dienone is 6. The summed E-state index contributed by atoms with van der Waals surface area (Å²) < 4.78 is 0. The highest BCUT2D eigenvalue weighted by atomic mass is 16.2. The van der Waals surface area contributed by atoms with Crippen LogP contribution >= 0.6 is 0 Å². The summed E-state index contributed by atoms with van der Waals surface area (Å²) in [6, 6.07) is 8.46. The highest BCUT2D eigenvalue weighted by Gasteiger charge is 2.30. The number of rotatable bonds is 6. The largest absolute Gasteiger partial charge is 0.391 e. The molecule has 0 aromatic heterocycles. The van der Waals surface area contributed by atoms with Crippen LogP contribution in [0.4, 0.5) is 0 Å². The molecule has 2 aliphatic carbocycles. The molecule has 28 heavy (non-hydrogen) atoms. The van der Waals surface area contributed by atoms with Crippen LogP contribution in [0.15, 0.2) is 66.4 Å². The fourth-order valence-electron chi connectivity index (χ4n) is 4.28. The number of carbonyl (C=O) groups excluding carboxylic acids is 1. The average molecular weight is 377 g/mol. The summed E-state index contributed by atoms with van der Waals surface area (Å²) in [6.07, 6.45) is 13.6. The Morgan fingerprint density at radius 2 is 2.00 bits per heavy atom. The lowest BCUT2D eigenvalue weighted by Gasteiger charge is -2.38. The fraction of sp³-hybridized carbons (Fsp3) is 0.400. The van der Waals surface area contributed by atoms with E-state index in [1.165, 1.54) is 22.4 Å². The maximum atomic E-state index is 13.4. The normalized spacial score (nSPS) is 19.4. The van der Waals surface area contributed by atoms with Gasteiger partial charge >= 0.3 is 0 Å². The number of amides is 1.